The summed E-state index contributed by atoms with van der Waals surface area (Å²) < 4.78 is 23.9. The lowest BCUT2D eigenvalue weighted by Gasteiger charge is -2.33. The van der Waals surface area contributed by atoms with Crippen molar-refractivity contribution in [2.75, 3.05) is 13.2 Å². The first-order valence-corrected chi connectivity index (χ1v) is 10.6. The van der Waals surface area contributed by atoms with Crippen LogP contribution in [0.1, 0.15) is 61.3 Å². The Balaban J connectivity index is 1.55. The van der Waals surface area contributed by atoms with E-state index in [1.54, 1.807) is 0 Å². The maximum Gasteiger partial charge on any atom is 0.494 e. The first kappa shape index (κ1) is 22.6. The minimum absolute atomic E-state index is 0.134. The minimum atomic E-state index is -0.906. The van der Waals surface area contributed by atoms with Gasteiger partial charge in [0.25, 0.3) is 0 Å². The zero-order valence-electron chi connectivity index (χ0n) is 18.9. The maximum absolute atomic E-state index is 10.4. The molecule has 2 atom stereocenters. The predicted molar refractivity (Wildman–Crippen MR) is 114 cm³/mol. The molecule has 0 amide bonds. The van der Waals surface area contributed by atoms with E-state index in [1.807, 2.05) is 49.9 Å². The highest BCUT2D eigenvalue weighted by Crippen LogP contribution is 2.36. The Labute approximate surface area is 175 Å². The molecule has 162 valence electrons. The average Bonchev–Trinajstić information content (AvgIpc) is 3.14. The van der Waals surface area contributed by atoms with Crippen molar-refractivity contribution in [3.63, 3.8) is 0 Å². The summed E-state index contributed by atoms with van der Waals surface area (Å²) in [4.78, 5) is 1.98. The Hall–Kier alpha value is -1.12. The molecule has 2 saturated heterocycles. The Morgan fingerprint density at radius 3 is 2.28 bits per heavy atom. The van der Waals surface area contributed by atoms with Gasteiger partial charge >= 0.3 is 7.12 Å². The van der Waals surface area contributed by atoms with Crippen molar-refractivity contribution in [1.29, 1.82) is 0 Å². The topological polar surface area (TPSA) is 60.4 Å². The Morgan fingerprint density at radius 1 is 1.14 bits per heavy atom. The molecule has 0 bridgehead atoms. The van der Waals surface area contributed by atoms with E-state index in [9.17, 15) is 5.11 Å². The molecule has 29 heavy (non-hydrogen) atoms. The summed E-state index contributed by atoms with van der Waals surface area (Å²) in [5.41, 5.74) is -0.118. The third-order valence-corrected chi connectivity index (χ3v) is 6.01. The van der Waals surface area contributed by atoms with E-state index in [0.717, 1.165) is 30.6 Å². The van der Waals surface area contributed by atoms with Gasteiger partial charge in [-0.15, -0.1) is 0 Å². The second kappa shape index (κ2) is 8.19. The van der Waals surface area contributed by atoms with Gasteiger partial charge in [0.05, 0.1) is 16.8 Å². The quantitative estimate of drug-likeness (QED) is 0.580. The van der Waals surface area contributed by atoms with Gasteiger partial charge in [-0.25, -0.2) is 4.90 Å². The molecular formula is C22H36BNO5. The summed E-state index contributed by atoms with van der Waals surface area (Å²) in [6.07, 6.45) is 1.10. The monoisotopic (exact) mass is 405 g/mol. The van der Waals surface area contributed by atoms with E-state index in [0.29, 0.717) is 6.61 Å². The molecule has 0 spiro atoms. The molecule has 3 rings (SSSR count). The first-order chi connectivity index (χ1) is 13.4. The van der Waals surface area contributed by atoms with E-state index in [-0.39, 0.29) is 24.4 Å². The lowest BCUT2D eigenvalue weighted by atomic mass is 9.79. The van der Waals surface area contributed by atoms with E-state index in [2.05, 4.69) is 27.7 Å². The van der Waals surface area contributed by atoms with Gasteiger partial charge in [0.1, 0.15) is 12.4 Å². The van der Waals surface area contributed by atoms with Gasteiger partial charge in [-0.1, -0.05) is 12.1 Å². The standard InChI is InChI=1S/C22H36BNO5/c1-20(2,3)27-19(25)24-14-8-9-17(24)15-26-18-12-10-16(11-13-18)23-28-21(4,5)22(6,7)29-23/h10-13,17,19,25H,8-9,14-15H2,1-7H3/t17-,19?/m0/s1. The summed E-state index contributed by atoms with van der Waals surface area (Å²) in [5.74, 6) is 0.795. The molecule has 7 heteroatoms. The smallest absolute Gasteiger partial charge is 0.492 e. The number of hydrogen-bond donors (Lipinski definition) is 1. The van der Waals surface area contributed by atoms with Crippen molar-refractivity contribution in [1.82, 2.24) is 4.90 Å². The van der Waals surface area contributed by atoms with Gasteiger partial charge in [0, 0.05) is 12.6 Å². The second-order valence-corrected chi connectivity index (χ2v) is 10.1. The number of aliphatic hydroxyl groups excluding tert-OH is 1. The summed E-state index contributed by atoms with van der Waals surface area (Å²) in [5, 5.41) is 10.4. The lowest BCUT2D eigenvalue weighted by Crippen LogP contribution is -2.46. The molecule has 2 aliphatic heterocycles. The van der Waals surface area contributed by atoms with Crippen molar-refractivity contribution in [2.45, 2.75) is 90.6 Å². The van der Waals surface area contributed by atoms with Crippen LogP contribution in [0.25, 0.3) is 0 Å². The van der Waals surface area contributed by atoms with Gasteiger partial charge in [-0.2, -0.15) is 0 Å². The normalized spacial score (nSPS) is 25.4. The lowest BCUT2D eigenvalue weighted by molar-refractivity contribution is -0.243. The molecule has 1 aromatic carbocycles. The molecule has 0 radical (unpaired) electrons. The number of aliphatic hydroxyl groups is 1. The fourth-order valence-electron chi connectivity index (χ4n) is 3.60. The van der Waals surface area contributed by atoms with Crippen LogP contribution in [0.4, 0.5) is 0 Å². The zero-order chi connectivity index (χ0) is 21.4. The zero-order valence-corrected chi connectivity index (χ0v) is 18.9. The van der Waals surface area contributed by atoms with Gasteiger partial charge in [0.2, 0.25) is 6.41 Å². The Morgan fingerprint density at radius 2 is 1.72 bits per heavy atom. The van der Waals surface area contributed by atoms with Crippen LogP contribution in [0.5, 0.6) is 5.75 Å². The fraction of sp³-hybridized carbons (Fsp3) is 0.727. The van der Waals surface area contributed by atoms with Gasteiger partial charge < -0.3 is 23.9 Å². The van der Waals surface area contributed by atoms with Crippen molar-refractivity contribution >= 4 is 12.6 Å². The molecule has 2 aliphatic rings. The molecule has 6 nitrogen and oxygen atoms in total. The van der Waals surface area contributed by atoms with Crippen molar-refractivity contribution in [2.24, 2.45) is 0 Å². The fourth-order valence-corrected chi connectivity index (χ4v) is 3.60. The number of likely N-dealkylation sites (tertiary alicyclic amines) is 1. The molecule has 0 aromatic heterocycles. The molecule has 0 aliphatic carbocycles. The van der Waals surface area contributed by atoms with E-state index < -0.39 is 12.0 Å². The maximum atomic E-state index is 10.4. The molecule has 1 aromatic rings. The van der Waals surface area contributed by atoms with Crippen LogP contribution in [-0.2, 0) is 14.0 Å². The Bertz CT molecular complexity index is 669. The number of ether oxygens (including phenoxy) is 2. The molecule has 2 heterocycles. The van der Waals surface area contributed by atoms with Crippen LogP contribution in [0.2, 0.25) is 0 Å². The summed E-state index contributed by atoms with van der Waals surface area (Å²) in [7, 11) is -0.371. The highest BCUT2D eigenvalue weighted by Gasteiger charge is 2.51. The Kier molecular flexibility index (Phi) is 6.38. The largest absolute Gasteiger partial charge is 0.494 e. The number of benzene rings is 1. The van der Waals surface area contributed by atoms with Gasteiger partial charge in [-0.3, -0.25) is 0 Å². The van der Waals surface area contributed by atoms with Crippen LogP contribution < -0.4 is 10.2 Å². The predicted octanol–water partition coefficient (Wildman–Crippen LogP) is 2.92. The second-order valence-electron chi connectivity index (χ2n) is 10.1. The van der Waals surface area contributed by atoms with Crippen molar-refractivity contribution < 1.29 is 23.9 Å². The average molecular weight is 405 g/mol. The summed E-state index contributed by atoms with van der Waals surface area (Å²) in [6, 6.07) is 8.00. The first-order valence-electron chi connectivity index (χ1n) is 10.6. The van der Waals surface area contributed by atoms with Crippen LogP contribution in [-0.4, -0.2) is 59.5 Å². The van der Waals surface area contributed by atoms with Gasteiger partial charge in [-0.05, 0) is 78.9 Å². The molecule has 2 fully saturated rings. The third-order valence-electron chi connectivity index (χ3n) is 6.01. The highest BCUT2D eigenvalue weighted by atomic mass is 16.7. The van der Waals surface area contributed by atoms with Crippen molar-refractivity contribution in [3.05, 3.63) is 24.3 Å². The number of nitrogens with zero attached hydrogens (tertiary/aromatic N) is 1. The molecule has 0 saturated carbocycles. The summed E-state index contributed by atoms with van der Waals surface area (Å²) in [6.45, 7) is 15.4. The van der Waals surface area contributed by atoms with E-state index in [1.165, 1.54) is 0 Å². The van der Waals surface area contributed by atoms with Crippen LogP contribution >= 0.6 is 0 Å². The van der Waals surface area contributed by atoms with Gasteiger partial charge in [0.15, 0.2) is 0 Å². The number of rotatable bonds is 6. The van der Waals surface area contributed by atoms with Crippen LogP contribution in [0.3, 0.4) is 0 Å². The third kappa shape index (κ3) is 5.33. The highest BCUT2D eigenvalue weighted by molar-refractivity contribution is 6.62. The van der Waals surface area contributed by atoms with Crippen LogP contribution in [0.15, 0.2) is 24.3 Å². The van der Waals surface area contributed by atoms with Crippen LogP contribution in [0, 0.1) is 0 Å². The van der Waals surface area contributed by atoms with Crippen molar-refractivity contribution in [3.8, 4) is 5.75 Å². The summed E-state index contributed by atoms with van der Waals surface area (Å²) >= 11 is 0. The minimum Gasteiger partial charge on any atom is -0.492 e. The SMILES string of the molecule is CC(C)(C)OC(O)N1CCC[C@H]1COc1ccc(B2OC(C)(C)C(C)(C)O2)cc1. The van der Waals surface area contributed by atoms with E-state index >= 15 is 0 Å². The molecule has 1 N–H and O–H groups in total. The van der Waals surface area contributed by atoms with E-state index in [4.69, 9.17) is 18.8 Å². The number of hydrogen-bond acceptors (Lipinski definition) is 6. The molecular weight excluding hydrogens is 369 g/mol. The molecule has 1 unspecified atom stereocenters.